The standard InChI is InChI=1S/C27H31ClN2O4S2/c1-3-36(33,34)16-6-14-29(18-20-9-11-22(28)12-10-20)26(32)27(2)13-15-30(27)25(31)17-21-19-35-24-8-5-4-7-23(21)24/h4-5,7-12,19H,3,6,13-18H2,1-2H3. The largest absolute Gasteiger partial charge is 0.336 e. The van der Waals surface area contributed by atoms with Gasteiger partial charge in [0.15, 0.2) is 0 Å². The summed E-state index contributed by atoms with van der Waals surface area (Å²) in [6.07, 6.45) is 1.17. The Kier molecular flexibility index (Phi) is 8.07. The van der Waals surface area contributed by atoms with Crippen LogP contribution in [0.5, 0.6) is 0 Å². The molecule has 2 aromatic carbocycles. The van der Waals surface area contributed by atoms with E-state index in [4.69, 9.17) is 11.6 Å². The van der Waals surface area contributed by atoms with Crippen molar-refractivity contribution in [3.05, 3.63) is 70.1 Å². The fourth-order valence-corrected chi connectivity index (χ4v) is 6.58. The van der Waals surface area contributed by atoms with Gasteiger partial charge in [0.1, 0.15) is 15.4 Å². The van der Waals surface area contributed by atoms with Crippen molar-refractivity contribution in [3.63, 3.8) is 0 Å². The number of hydrogen-bond donors (Lipinski definition) is 0. The Balaban J connectivity index is 1.50. The first-order valence-corrected chi connectivity index (χ1v) is 15.2. The first kappa shape index (κ1) is 26.6. The molecule has 1 aliphatic heterocycles. The molecule has 1 atom stereocenters. The molecular weight excluding hydrogens is 516 g/mol. The Morgan fingerprint density at radius 2 is 1.86 bits per heavy atom. The number of benzene rings is 2. The number of fused-ring (bicyclic) bond motifs is 1. The lowest BCUT2D eigenvalue weighted by Crippen LogP contribution is -2.68. The quantitative estimate of drug-likeness (QED) is 0.361. The lowest BCUT2D eigenvalue weighted by atomic mass is 9.84. The van der Waals surface area contributed by atoms with Gasteiger partial charge in [0.2, 0.25) is 11.8 Å². The van der Waals surface area contributed by atoms with Crippen LogP contribution in [0.25, 0.3) is 10.1 Å². The summed E-state index contributed by atoms with van der Waals surface area (Å²) in [6.45, 7) is 4.60. The smallest absolute Gasteiger partial charge is 0.248 e. The number of carbonyl (C=O) groups excluding carboxylic acids is 2. The van der Waals surface area contributed by atoms with E-state index in [1.807, 2.05) is 48.7 Å². The second-order valence-electron chi connectivity index (χ2n) is 9.45. The van der Waals surface area contributed by atoms with E-state index >= 15 is 0 Å². The molecule has 192 valence electrons. The van der Waals surface area contributed by atoms with E-state index in [0.29, 0.717) is 37.5 Å². The number of thiophene rings is 1. The maximum Gasteiger partial charge on any atom is 0.248 e. The van der Waals surface area contributed by atoms with Crippen LogP contribution in [0, 0.1) is 0 Å². The van der Waals surface area contributed by atoms with Gasteiger partial charge in [0, 0.05) is 35.1 Å². The van der Waals surface area contributed by atoms with Gasteiger partial charge in [-0.05, 0) is 59.9 Å². The molecule has 0 spiro atoms. The second-order valence-corrected chi connectivity index (χ2v) is 13.3. The molecule has 0 N–H and O–H groups in total. The molecule has 0 aliphatic carbocycles. The van der Waals surface area contributed by atoms with Gasteiger partial charge in [-0.1, -0.05) is 48.9 Å². The van der Waals surface area contributed by atoms with E-state index in [-0.39, 0.29) is 29.7 Å². The first-order valence-electron chi connectivity index (χ1n) is 12.1. The first-order chi connectivity index (χ1) is 17.1. The highest BCUT2D eigenvalue weighted by atomic mass is 35.5. The average molecular weight is 547 g/mol. The summed E-state index contributed by atoms with van der Waals surface area (Å²) < 4.78 is 25.2. The molecule has 0 bridgehead atoms. The summed E-state index contributed by atoms with van der Waals surface area (Å²) >= 11 is 7.64. The Morgan fingerprint density at radius 1 is 1.14 bits per heavy atom. The molecule has 1 saturated heterocycles. The van der Waals surface area contributed by atoms with Crippen LogP contribution in [-0.4, -0.2) is 60.2 Å². The summed E-state index contributed by atoms with van der Waals surface area (Å²) in [7, 11) is -3.14. The van der Waals surface area contributed by atoms with Crippen molar-refractivity contribution in [3.8, 4) is 0 Å². The number of hydrogen-bond acceptors (Lipinski definition) is 5. The number of likely N-dealkylation sites (tertiary alicyclic amines) is 1. The van der Waals surface area contributed by atoms with E-state index in [1.165, 1.54) is 0 Å². The van der Waals surface area contributed by atoms with E-state index in [0.717, 1.165) is 21.2 Å². The maximum absolute atomic E-state index is 13.8. The minimum atomic E-state index is -3.14. The SMILES string of the molecule is CCS(=O)(=O)CCCN(Cc1ccc(Cl)cc1)C(=O)C1(C)CCN1C(=O)Cc1csc2ccccc12. The molecular formula is C27H31ClN2O4S2. The van der Waals surface area contributed by atoms with Gasteiger partial charge in [-0.3, -0.25) is 9.59 Å². The summed E-state index contributed by atoms with van der Waals surface area (Å²) in [6, 6.07) is 15.3. The molecule has 4 rings (SSSR count). The zero-order valence-electron chi connectivity index (χ0n) is 20.6. The number of amides is 2. The van der Waals surface area contributed by atoms with Crippen molar-refractivity contribution in [2.45, 2.75) is 45.2 Å². The molecule has 3 aromatic rings. The van der Waals surface area contributed by atoms with E-state index < -0.39 is 15.4 Å². The van der Waals surface area contributed by atoms with Gasteiger partial charge in [0.25, 0.3) is 0 Å². The molecule has 1 unspecified atom stereocenters. The molecule has 36 heavy (non-hydrogen) atoms. The van der Waals surface area contributed by atoms with Gasteiger partial charge in [-0.15, -0.1) is 11.3 Å². The van der Waals surface area contributed by atoms with Gasteiger partial charge in [0.05, 0.1) is 12.2 Å². The van der Waals surface area contributed by atoms with Crippen molar-refractivity contribution in [2.75, 3.05) is 24.6 Å². The van der Waals surface area contributed by atoms with Crippen molar-refractivity contribution in [1.29, 1.82) is 0 Å². The highest BCUT2D eigenvalue weighted by molar-refractivity contribution is 7.91. The minimum Gasteiger partial charge on any atom is -0.336 e. The number of halogens is 1. The predicted octanol–water partition coefficient (Wildman–Crippen LogP) is 4.94. The lowest BCUT2D eigenvalue weighted by molar-refractivity contribution is -0.164. The molecule has 2 amide bonds. The number of rotatable bonds is 10. The van der Waals surface area contributed by atoms with Gasteiger partial charge < -0.3 is 9.80 Å². The van der Waals surface area contributed by atoms with Gasteiger partial charge in [-0.25, -0.2) is 8.42 Å². The van der Waals surface area contributed by atoms with Crippen LogP contribution in [0.1, 0.15) is 37.8 Å². The number of carbonyl (C=O) groups is 2. The van der Waals surface area contributed by atoms with Crippen LogP contribution in [0.4, 0.5) is 0 Å². The Morgan fingerprint density at radius 3 is 2.53 bits per heavy atom. The summed E-state index contributed by atoms with van der Waals surface area (Å²) in [5, 5.41) is 3.70. The highest BCUT2D eigenvalue weighted by Crippen LogP contribution is 2.35. The highest BCUT2D eigenvalue weighted by Gasteiger charge is 2.50. The molecule has 9 heteroatoms. The number of sulfone groups is 1. The van der Waals surface area contributed by atoms with E-state index in [2.05, 4.69) is 0 Å². The van der Waals surface area contributed by atoms with Crippen LogP contribution in [0.15, 0.2) is 53.9 Å². The van der Waals surface area contributed by atoms with Crippen LogP contribution < -0.4 is 0 Å². The van der Waals surface area contributed by atoms with E-state index in [9.17, 15) is 18.0 Å². The van der Waals surface area contributed by atoms with Crippen molar-refractivity contribution >= 4 is 54.7 Å². The summed E-state index contributed by atoms with van der Waals surface area (Å²) in [5.74, 6) is -0.116. The predicted molar refractivity (Wildman–Crippen MR) is 146 cm³/mol. The third-order valence-electron chi connectivity index (χ3n) is 6.98. The van der Waals surface area contributed by atoms with Crippen molar-refractivity contribution in [2.24, 2.45) is 0 Å². The second kappa shape index (κ2) is 10.9. The van der Waals surface area contributed by atoms with Crippen molar-refractivity contribution in [1.82, 2.24) is 9.80 Å². The third-order valence-corrected chi connectivity index (χ3v) is 10.0. The summed E-state index contributed by atoms with van der Waals surface area (Å²) in [4.78, 5) is 30.5. The van der Waals surface area contributed by atoms with Gasteiger partial charge in [-0.2, -0.15) is 0 Å². The Hall–Kier alpha value is -2.42. The molecule has 6 nitrogen and oxygen atoms in total. The zero-order chi connectivity index (χ0) is 25.9. The minimum absolute atomic E-state index is 0.0263. The van der Waals surface area contributed by atoms with Crippen LogP contribution >= 0.6 is 22.9 Å². The third kappa shape index (κ3) is 5.76. The number of nitrogens with zero attached hydrogens (tertiary/aromatic N) is 2. The monoisotopic (exact) mass is 546 g/mol. The van der Waals surface area contributed by atoms with Crippen LogP contribution in [-0.2, 0) is 32.4 Å². The molecule has 1 aromatic heterocycles. The molecule has 1 aliphatic rings. The van der Waals surface area contributed by atoms with E-state index in [1.54, 1.807) is 40.2 Å². The van der Waals surface area contributed by atoms with Gasteiger partial charge >= 0.3 is 0 Å². The topological polar surface area (TPSA) is 74.8 Å². The zero-order valence-corrected chi connectivity index (χ0v) is 23.0. The molecule has 0 saturated carbocycles. The van der Waals surface area contributed by atoms with Crippen molar-refractivity contribution < 1.29 is 18.0 Å². The normalized spacial score (nSPS) is 17.7. The average Bonchev–Trinajstić information content (AvgIpc) is 3.25. The van der Waals surface area contributed by atoms with Crippen LogP contribution in [0.2, 0.25) is 5.02 Å². The summed E-state index contributed by atoms with van der Waals surface area (Å²) in [5.41, 5.74) is 0.931. The molecule has 0 radical (unpaired) electrons. The Bertz CT molecular complexity index is 1350. The van der Waals surface area contributed by atoms with Crippen LogP contribution in [0.3, 0.4) is 0 Å². The Labute approximate surface area is 221 Å². The lowest BCUT2D eigenvalue weighted by Gasteiger charge is -2.51. The fraction of sp³-hybridized carbons (Fsp3) is 0.407. The fourth-order valence-electron chi connectivity index (χ4n) is 4.63. The molecule has 1 fully saturated rings. The maximum atomic E-state index is 13.8. The molecule has 2 heterocycles.